The summed E-state index contributed by atoms with van der Waals surface area (Å²) in [4.78, 5) is 0. The second kappa shape index (κ2) is 8.90. The Labute approximate surface area is 79.1 Å². The van der Waals surface area contributed by atoms with Crippen LogP contribution >= 0.6 is 22.8 Å². The lowest BCUT2D eigenvalue weighted by Gasteiger charge is -1.98. The Morgan fingerprint density at radius 1 is 1.27 bits per heavy atom. The maximum Gasteiger partial charge on any atom is 0.230 e. The van der Waals surface area contributed by atoms with E-state index in [1.54, 1.807) is 0 Å². The van der Waals surface area contributed by atoms with Gasteiger partial charge in [0.15, 0.2) is 0 Å². The molecular formula is C6H14O2S3. The molecule has 0 aromatic carbocycles. The summed E-state index contributed by atoms with van der Waals surface area (Å²) in [6.07, 6.45) is 2.10. The largest absolute Gasteiger partial charge is 0.230 e. The van der Waals surface area contributed by atoms with Crippen molar-refractivity contribution in [3.05, 3.63) is 0 Å². The number of rotatable bonds is 7. The number of hydrogen-bond acceptors (Lipinski definition) is 4. The highest BCUT2D eigenvalue weighted by Gasteiger charge is 1.99. The molecule has 0 saturated carbocycles. The molecule has 0 aliphatic heterocycles. The average Bonchev–Trinajstić information content (AvgIpc) is 2.01. The minimum Gasteiger partial charge on any atom is -0.216 e. The predicted molar refractivity (Wildman–Crippen MR) is 54.7 cm³/mol. The third kappa shape index (κ3) is 8.72. The van der Waals surface area contributed by atoms with Gasteiger partial charge >= 0.3 is 0 Å². The fourth-order valence-corrected chi connectivity index (χ4v) is 3.16. The van der Waals surface area contributed by atoms with Gasteiger partial charge in [-0.2, -0.15) is 0 Å². The summed E-state index contributed by atoms with van der Waals surface area (Å²) in [6, 6.07) is 0. The lowest BCUT2D eigenvalue weighted by molar-refractivity contribution is 0.625. The Hall–Kier alpha value is 0.810. The van der Waals surface area contributed by atoms with Crippen LogP contribution in [0.5, 0.6) is 0 Å². The molecule has 0 fully saturated rings. The van der Waals surface area contributed by atoms with Crippen LogP contribution in [0.1, 0.15) is 26.7 Å². The topological polar surface area (TPSA) is 26.3 Å². The van der Waals surface area contributed by atoms with E-state index >= 15 is 0 Å². The second-order valence-corrected chi connectivity index (χ2v) is 5.68. The summed E-state index contributed by atoms with van der Waals surface area (Å²) in [6.45, 7) is 4.13. The molecule has 68 valence electrons. The van der Waals surface area contributed by atoms with Crippen molar-refractivity contribution in [2.24, 2.45) is 0 Å². The molecule has 0 aromatic rings. The van der Waals surface area contributed by atoms with Gasteiger partial charge in [-0.05, 0) is 23.6 Å². The lowest BCUT2D eigenvalue weighted by atomic mass is 10.6. The molecule has 2 nitrogen and oxygen atoms in total. The molecular weight excluding hydrogens is 200 g/mol. The summed E-state index contributed by atoms with van der Waals surface area (Å²) < 4.78 is 15.8. The Kier molecular flexibility index (Phi) is 9.56. The molecule has 0 spiro atoms. The van der Waals surface area contributed by atoms with E-state index in [0.717, 1.165) is 24.3 Å². The fourth-order valence-electron chi connectivity index (χ4n) is 0.328. The van der Waals surface area contributed by atoms with Gasteiger partial charge in [-0.3, -0.25) is 0 Å². The van der Waals surface area contributed by atoms with Crippen LogP contribution in [0.25, 0.3) is 0 Å². The van der Waals surface area contributed by atoms with E-state index in [-0.39, 0.29) is 0 Å². The molecule has 0 heterocycles. The van der Waals surface area contributed by atoms with E-state index in [1.807, 2.05) is 0 Å². The first-order valence-corrected chi connectivity index (χ1v) is 7.15. The van der Waals surface area contributed by atoms with Crippen molar-refractivity contribution in [2.75, 3.05) is 11.5 Å². The Morgan fingerprint density at radius 2 is 1.91 bits per heavy atom. The van der Waals surface area contributed by atoms with Crippen LogP contribution in [0.3, 0.4) is 0 Å². The molecule has 0 aromatic heterocycles. The van der Waals surface area contributed by atoms with Crippen molar-refractivity contribution in [3.8, 4) is 0 Å². The molecule has 1 unspecified atom stereocenters. The predicted octanol–water partition coefficient (Wildman–Crippen LogP) is 2.78. The monoisotopic (exact) mass is 214 g/mol. The van der Waals surface area contributed by atoms with Crippen LogP contribution in [-0.4, -0.2) is 15.7 Å². The van der Waals surface area contributed by atoms with Crippen molar-refractivity contribution >= 4 is 32.9 Å². The maximum atomic E-state index is 10.9. The van der Waals surface area contributed by atoms with E-state index in [4.69, 9.17) is 3.63 Å². The van der Waals surface area contributed by atoms with Gasteiger partial charge in [-0.1, -0.05) is 13.8 Å². The van der Waals surface area contributed by atoms with Crippen molar-refractivity contribution < 1.29 is 7.84 Å². The number of hydrogen-bond donors (Lipinski definition) is 0. The highest BCUT2D eigenvalue weighted by Crippen LogP contribution is 2.16. The normalized spacial score (nSPS) is 13.3. The molecule has 0 radical (unpaired) electrons. The minimum absolute atomic E-state index is 0.902. The van der Waals surface area contributed by atoms with Crippen LogP contribution in [-0.2, 0) is 13.7 Å². The SMILES string of the molecule is CCCSOS(=O)SCCC. The summed E-state index contributed by atoms with van der Waals surface area (Å²) in [5.41, 5.74) is 0. The van der Waals surface area contributed by atoms with E-state index in [9.17, 15) is 4.21 Å². The van der Waals surface area contributed by atoms with Gasteiger partial charge in [-0.25, -0.2) is 7.84 Å². The summed E-state index contributed by atoms with van der Waals surface area (Å²) >= 11 is 1.29. The lowest BCUT2D eigenvalue weighted by Crippen LogP contribution is -1.87. The average molecular weight is 214 g/mol. The first kappa shape index (κ1) is 11.8. The highest BCUT2D eigenvalue weighted by molar-refractivity contribution is 8.68. The molecule has 0 amide bonds. The zero-order valence-electron chi connectivity index (χ0n) is 6.87. The van der Waals surface area contributed by atoms with Crippen LogP contribution in [0, 0.1) is 0 Å². The zero-order valence-corrected chi connectivity index (χ0v) is 9.32. The molecule has 5 heteroatoms. The van der Waals surface area contributed by atoms with Crippen molar-refractivity contribution in [2.45, 2.75) is 26.7 Å². The van der Waals surface area contributed by atoms with Gasteiger partial charge in [0.05, 0.1) is 0 Å². The van der Waals surface area contributed by atoms with Gasteiger partial charge in [0.2, 0.25) is 10.1 Å². The first-order valence-electron chi connectivity index (χ1n) is 3.66. The third-order valence-corrected chi connectivity index (χ3v) is 4.52. The Bertz CT molecular complexity index is 108. The zero-order chi connectivity index (χ0) is 8.53. The summed E-state index contributed by atoms with van der Waals surface area (Å²) in [5.74, 6) is 1.82. The van der Waals surface area contributed by atoms with Crippen molar-refractivity contribution in [3.63, 3.8) is 0 Å². The molecule has 11 heavy (non-hydrogen) atoms. The summed E-state index contributed by atoms with van der Waals surface area (Å²) in [5, 5.41) is 0. The molecule has 1 atom stereocenters. The van der Waals surface area contributed by atoms with Crippen LogP contribution in [0.15, 0.2) is 0 Å². The van der Waals surface area contributed by atoms with Crippen molar-refractivity contribution in [1.82, 2.24) is 0 Å². The quantitative estimate of drug-likeness (QED) is 0.370. The molecule has 0 aliphatic rings. The molecule has 0 saturated heterocycles. The second-order valence-electron chi connectivity index (χ2n) is 1.92. The van der Waals surface area contributed by atoms with Crippen LogP contribution in [0.2, 0.25) is 0 Å². The van der Waals surface area contributed by atoms with Gasteiger partial charge in [0, 0.05) is 23.5 Å². The van der Waals surface area contributed by atoms with Gasteiger partial charge in [-0.15, -0.1) is 0 Å². The smallest absolute Gasteiger partial charge is 0.216 e. The molecule has 0 N–H and O–H groups in total. The molecule has 0 aliphatic carbocycles. The van der Waals surface area contributed by atoms with E-state index in [0.29, 0.717) is 0 Å². The van der Waals surface area contributed by atoms with Crippen LogP contribution < -0.4 is 0 Å². The van der Waals surface area contributed by atoms with E-state index in [1.165, 1.54) is 22.8 Å². The molecule has 0 bridgehead atoms. The minimum atomic E-state index is -1.14. The summed E-state index contributed by atoms with van der Waals surface area (Å²) in [7, 11) is 0.214. The van der Waals surface area contributed by atoms with Gasteiger partial charge < -0.3 is 0 Å². The third-order valence-electron chi connectivity index (χ3n) is 0.775. The highest BCUT2D eigenvalue weighted by atomic mass is 33.1. The van der Waals surface area contributed by atoms with E-state index in [2.05, 4.69) is 13.8 Å². The molecule has 0 rings (SSSR count). The fraction of sp³-hybridized carbons (Fsp3) is 1.00. The van der Waals surface area contributed by atoms with Gasteiger partial charge in [0.1, 0.15) is 0 Å². The Morgan fingerprint density at radius 3 is 2.45 bits per heavy atom. The van der Waals surface area contributed by atoms with Gasteiger partial charge in [0.25, 0.3) is 0 Å². The first-order chi connectivity index (χ1) is 5.31. The maximum absolute atomic E-state index is 10.9. The standard InChI is InChI=1S/C6H14O2S3/c1-3-5-9-8-11(7)10-6-4-2/h3-6H2,1-2H3. The van der Waals surface area contributed by atoms with Crippen LogP contribution in [0.4, 0.5) is 0 Å². The Balaban J connectivity index is 3.09. The van der Waals surface area contributed by atoms with Crippen molar-refractivity contribution in [1.29, 1.82) is 0 Å². The van der Waals surface area contributed by atoms with E-state index < -0.39 is 10.1 Å².